The minimum absolute atomic E-state index is 0.172. The molecule has 5 rings (SSSR count). The van der Waals surface area contributed by atoms with Crippen molar-refractivity contribution in [3.05, 3.63) is 118 Å². The van der Waals surface area contributed by atoms with E-state index in [2.05, 4.69) is 0 Å². The molecule has 1 atom stereocenters. The molecule has 0 aliphatic carbocycles. The third kappa shape index (κ3) is 6.81. The van der Waals surface area contributed by atoms with Crippen LogP contribution in [0.4, 0.5) is 0 Å². The van der Waals surface area contributed by atoms with Crippen molar-refractivity contribution in [2.24, 2.45) is 4.99 Å². The summed E-state index contributed by atoms with van der Waals surface area (Å²) >= 11 is 14.0. The molecule has 1 aliphatic rings. The molecule has 0 saturated carbocycles. The molecular weight excluding hydrogens is 635 g/mol. The van der Waals surface area contributed by atoms with Gasteiger partial charge in [0.15, 0.2) is 16.3 Å². The van der Waals surface area contributed by atoms with Crippen LogP contribution >= 0.6 is 34.5 Å². The van der Waals surface area contributed by atoms with Crippen molar-refractivity contribution in [1.29, 1.82) is 0 Å². The zero-order valence-corrected chi connectivity index (χ0v) is 27.6. The molecule has 11 heteroatoms. The Morgan fingerprint density at radius 1 is 1.00 bits per heavy atom. The highest BCUT2D eigenvalue weighted by molar-refractivity contribution is 7.07. The van der Waals surface area contributed by atoms with Crippen molar-refractivity contribution in [3.8, 4) is 17.2 Å². The number of benzene rings is 3. The smallest absolute Gasteiger partial charge is 0.338 e. The van der Waals surface area contributed by atoms with E-state index in [1.165, 1.54) is 23.0 Å². The molecule has 0 saturated heterocycles. The van der Waals surface area contributed by atoms with E-state index in [0.717, 1.165) is 17.5 Å². The number of hydrogen-bond acceptors (Lipinski definition) is 8. The minimum Gasteiger partial charge on any atom is -0.496 e. The lowest BCUT2D eigenvalue weighted by atomic mass is 9.93. The van der Waals surface area contributed by atoms with Crippen LogP contribution in [0, 0.1) is 0 Å². The van der Waals surface area contributed by atoms with Gasteiger partial charge in [0.1, 0.15) is 18.4 Å². The second kappa shape index (κ2) is 14.4. The highest BCUT2D eigenvalue weighted by Crippen LogP contribution is 2.38. The number of nitrogens with zero attached hydrogens (tertiary/aromatic N) is 2. The number of methoxy groups -OCH3 is 2. The van der Waals surface area contributed by atoms with E-state index in [0.29, 0.717) is 59.9 Å². The summed E-state index contributed by atoms with van der Waals surface area (Å²) in [5.41, 5.74) is 2.67. The quantitative estimate of drug-likeness (QED) is 0.170. The number of thiazole rings is 1. The Balaban J connectivity index is 1.62. The first-order valence-corrected chi connectivity index (χ1v) is 16.0. The predicted molar refractivity (Wildman–Crippen MR) is 176 cm³/mol. The van der Waals surface area contributed by atoms with Gasteiger partial charge in [-0.2, -0.15) is 0 Å². The number of hydrogen-bond donors (Lipinski definition) is 0. The normalized spacial score (nSPS) is 14.5. The largest absolute Gasteiger partial charge is 0.496 e. The Kier molecular flexibility index (Phi) is 10.3. The average Bonchev–Trinajstić information content (AvgIpc) is 3.34. The number of carbonyl (C=O) groups excluding carboxylic acids is 1. The van der Waals surface area contributed by atoms with Crippen LogP contribution in [-0.4, -0.2) is 31.4 Å². The van der Waals surface area contributed by atoms with Gasteiger partial charge in [-0.15, -0.1) is 0 Å². The molecule has 1 aromatic heterocycles. The van der Waals surface area contributed by atoms with Crippen LogP contribution in [0.5, 0.6) is 17.2 Å². The second-order valence-electron chi connectivity index (χ2n) is 10.1. The topological polar surface area (TPSA) is 88.4 Å². The van der Waals surface area contributed by atoms with Crippen LogP contribution in [0.3, 0.4) is 0 Å². The van der Waals surface area contributed by atoms with E-state index in [9.17, 15) is 9.59 Å². The number of rotatable bonds is 11. The molecule has 3 aromatic carbocycles. The number of fused-ring (bicyclic) bond motifs is 1. The lowest BCUT2D eigenvalue weighted by Crippen LogP contribution is -2.40. The molecule has 0 bridgehead atoms. The highest BCUT2D eigenvalue weighted by Gasteiger charge is 2.36. The lowest BCUT2D eigenvalue weighted by Gasteiger charge is -2.27. The van der Waals surface area contributed by atoms with E-state index in [4.69, 9.17) is 47.1 Å². The monoisotopic (exact) mass is 666 g/mol. The molecule has 45 heavy (non-hydrogen) atoms. The van der Waals surface area contributed by atoms with Crippen LogP contribution in [0.1, 0.15) is 49.4 Å². The maximum absolute atomic E-state index is 14.2. The summed E-state index contributed by atoms with van der Waals surface area (Å²) in [6.45, 7) is 4.18. The first-order valence-electron chi connectivity index (χ1n) is 14.4. The molecule has 8 nitrogen and oxygen atoms in total. The maximum atomic E-state index is 14.2. The van der Waals surface area contributed by atoms with Crippen molar-refractivity contribution in [1.82, 2.24) is 4.57 Å². The Labute approximate surface area is 274 Å². The fourth-order valence-corrected chi connectivity index (χ4v) is 6.54. The molecule has 0 radical (unpaired) electrons. The van der Waals surface area contributed by atoms with Crippen LogP contribution in [0.2, 0.25) is 10.0 Å². The van der Waals surface area contributed by atoms with Gasteiger partial charge in [0.05, 0.1) is 36.6 Å². The van der Waals surface area contributed by atoms with Gasteiger partial charge < -0.3 is 18.9 Å². The average molecular weight is 668 g/mol. The first-order chi connectivity index (χ1) is 21.8. The van der Waals surface area contributed by atoms with Gasteiger partial charge in [-0.25, -0.2) is 9.79 Å². The third-order valence-corrected chi connectivity index (χ3v) is 8.79. The van der Waals surface area contributed by atoms with Gasteiger partial charge >= 0.3 is 5.97 Å². The summed E-state index contributed by atoms with van der Waals surface area (Å²) in [5, 5.41) is 1.06. The van der Waals surface area contributed by atoms with E-state index in [1.807, 2.05) is 37.3 Å². The molecule has 234 valence electrons. The highest BCUT2D eigenvalue weighted by atomic mass is 35.5. The van der Waals surface area contributed by atoms with E-state index in [-0.39, 0.29) is 18.8 Å². The summed E-state index contributed by atoms with van der Waals surface area (Å²) in [6.07, 6.45) is 3.02. The van der Waals surface area contributed by atoms with Gasteiger partial charge in [-0.1, -0.05) is 72.1 Å². The molecule has 2 heterocycles. The summed E-state index contributed by atoms with van der Waals surface area (Å²) in [6, 6.07) is 17.2. The molecule has 0 N–H and O–H groups in total. The summed E-state index contributed by atoms with van der Waals surface area (Å²) in [7, 11) is 3.09. The zero-order valence-electron chi connectivity index (χ0n) is 25.3. The molecule has 0 amide bonds. The van der Waals surface area contributed by atoms with Crippen molar-refractivity contribution >= 4 is 46.6 Å². The predicted octanol–water partition coefficient (Wildman–Crippen LogP) is 6.48. The molecular formula is C34H32Cl2N2O6S. The van der Waals surface area contributed by atoms with Crippen LogP contribution in [0.25, 0.3) is 6.08 Å². The molecule has 4 aromatic rings. The zero-order chi connectivity index (χ0) is 32.1. The fourth-order valence-electron chi connectivity index (χ4n) is 5.15. The number of ether oxygens (including phenoxy) is 4. The number of allylic oxidation sites excluding steroid dienone is 1. The van der Waals surface area contributed by atoms with E-state index < -0.39 is 12.0 Å². The number of esters is 1. The lowest BCUT2D eigenvalue weighted by molar-refractivity contribution is -0.139. The van der Waals surface area contributed by atoms with Crippen LogP contribution in [0.15, 0.2) is 81.7 Å². The van der Waals surface area contributed by atoms with Crippen LogP contribution < -0.4 is 29.1 Å². The standard InChI is InChI=1S/C34H32Cl2N2O6S/c1-5-9-25-30(33(40)43-6-2)31(23-18-22(35)13-15-26(23)41-3)38-32(39)29(45-34(38)37-25)17-20-12-14-27(28(16-20)42-4)44-19-21-10-7-8-11-24(21)36/h7-8,10-18,31H,5-6,9,19H2,1-4H3/b29-17+/t31-/m1/s1. The van der Waals surface area contributed by atoms with Crippen LogP contribution in [-0.2, 0) is 16.1 Å². The Bertz CT molecular complexity index is 1950. The van der Waals surface area contributed by atoms with Crippen molar-refractivity contribution in [2.45, 2.75) is 39.3 Å². The van der Waals surface area contributed by atoms with Gasteiger partial charge in [0, 0.05) is 21.2 Å². The summed E-state index contributed by atoms with van der Waals surface area (Å²) in [4.78, 5) is 32.9. The minimum atomic E-state index is -0.854. The number of aromatic nitrogens is 1. The maximum Gasteiger partial charge on any atom is 0.338 e. The van der Waals surface area contributed by atoms with E-state index in [1.54, 1.807) is 50.4 Å². The Morgan fingerprint density at radius 3 is 2.47 bits per heavy atom. The van der Waals surface area contributed by atoms with E-state index >= 15 is 0 Å². The van der Waals surface area contributed by atoms with Crippen molar-refractivity contribution in [3.63, 3.8) is 0 Å². The van der Waals surface area contributed by atoms with Gasteiger partial charge in [0.2, 0.25) is 0 Å². The number of carbonyl (C=O) groups is 1. The Hall–Kier alpha value is -4.05. The number of halogens is 2. The van der Waals surface area contributed by atoms with Crippen molar-refractivity contribution in [2.75, 3.05) is 20.8 Å². The molecule has 0 spiro atoms. The van der Waals surface area contributed by atoms with Gasteiger partial charge in [-0.05, 0) is 61.4 Å². The fraction of sp³-hybridized carbons (Fsp3) is 0.265. The third-order valence-electron chi connectivity index (χ3n) is 7.20. The van der Waals surface area contributed by atoms with Gasteiger partial charge in [0.25, 0.3) is 5.56 Å². The first kappa shape index (κ1) is 32.3. The van der Waals surface area contributed by atoms with Crippen molar-refractivity contribution < 1.29 is 23.7 Å². The second-order valence-corrected chi connectivity index (χ2v) is 11.9. The SMILES string of the molecule is CCCC1=C(C(=O)OCC)[C@@H](c2cc(Cl)ccc2OC)n2c(s/c(=C/c3ccc(OCc4ccccc4Cl)c(OC)c3)c2=O)=N1. The molecule has 0 unspecified atom stereocenters. The van der Waals surface area contributed by atoms with Gasteiger partial charge in [-0.3, -0.25) is 9.36 Å². The summed E-state index contributed by atoms with van der Waals surface area (Å²) in [5.74, 6) is 0.978. The summed E-state index contributed by atoms with van der Waals surface area (Å²) < 4.78 is 24.7. The molecule has 0 fully saturated rings. The molecule has 1 aliphatic heterocycles. The Morgan fingerprint density at radius 2 is 1.76 bits per heavy atom.